The lowest BCUT2D eigenvalue weighted by atomic mass is 9.92. The maximum Gasteiger partial charge on any atom is 0.0558 e. The van der Waals surface area contributed by atoms with E-state index in [1.807, 2.05) is 6.92 Å². The number of nitrogens with zero attached hydrogens (tertiary/aromatic N) is 2. The van der Waals surface area contributed by atoms with Gasteiger partial charge in [-0.05, 0) is 19.5 Å². The molecule has 17 heavy (non-hydrogen) atoms. The Labute approximate surface area is 104 Å². The molecule has 1 rings (SSSR count). The molecule has 0 spiro atoms. The molecule has 0 amide bonds. The summed E-state index contributed by atoms with van der Waals surface area (Å²) < 4.78 is 0. The molecular weight excluding hydrogens is 220 g/mol. The summed E-state index contributed by atoms with van der Waals surface area (Å²) in [6.45, 7) is 7.53. The highest BCUT2D eigenvalue weighted by atomic mass is 16.3. The number of aliphatic hydroxyl groups is 3. The zero-order chi connectivity index (χ0) is 12.7. The van der Waals surface area contributed by atoms with E-state index in [0.717, 1.165) is 45.7 Å². The van der Waals surface area contributed by atoms with Crippen molar-refractivity contribution in [1.82, 2.24) is 9.80 Å². The van der Waals surface area contributed by atoms with Crippen LogP contribution in [0.15, 0.2) is 0 Å². The quantitative estimate of drug-likeness (QED) is 0.560. The number of aliphatic hydroxyl groups excluding tert-OH is 3. The molecule has 0 saturated carbocycles. The zero-order valence-electron chi connectivity index (χ0n) is 10.8. The Morgan fingerprint density at radius 1 is 0.941 bits per heavy atom. The van der Waals surface area contributed by atoms with Crippen LogP contribution in [-0.2, 0) is 0 Å². The Balaban J connectivity index is 2.40. The molecule has 0 radical (unpaired) electrons. The predicted octanol–water partition coefficient (Wildman–Crippen LogP) is -1.02. The maximum absolute atomic E-state index is 9.29. The summed E-state index contributed by atoms with van der Waals surface area (Å²) >= 11 is 0. The van der Waals surface area contributed by atoms with Gasteiger partial charge in [0.25, 0.3) is 0 Å². The third-order valence-corrected chi connectivity index (χ3v) is 3.47. The minimum Gasteiger partial charge on any atom is -0.396 e. The van der Waals surface area contributed by atoms with Crippen molar-refractivity contribution in [2.45, 2.75) is 13.3 Å². The molecule has 0 aromatic heterocycles. The molecule has 0 aromatic carbocycles. The molecule has 0 unspecified atom stereocenters. The molecule has 1 fully saturated rings. The van der Waals surface area contributed by atoms with Gasteiger partial charge >= 0.3 is 0 Å². The highest BCUT2D eigenvalue weighted by Gasteiger charge is 2.26. The van der Waals surface area contributed by atoms with Crippen molar-refractivity contribution in [2.24, 2.45) is 5.41 Å². The van der Waals surface area contributed by atoms with Gasteiger partial charge in [0.2, 0.25) is 0 Å². The van der Waals surface area contributed by atoms with E-state index in [9.17, 15) is 10.2 Å². The third kappa shape index (κ3) is 4.89. The van der Waals surface area contributed by atoms with Crippen LogP contribution in [0.5, 0.6) is 0 Å². The van der Waals surface area contributed by atoms with Gasteiger partial charge in [-0.2, -0.15) is 0 Å². The summed E-state index contributed by atoms with van der Waals surface area (Å²) in [4.78, 5) is 4.55. The second kappa shape index (κ2) is 7.28. The first-order chi connectivity index (χ1) is 8.13. The molecule has 0 bridgehead atoms. The first-order valence-corrected chi connectivity index (χ1v) is 6.41. The van der Waals surface area contributed by atoms with E-state index in [1.54, 1.807) is 0 Å². The van der Waals surface area contributed by atoms with Crippen molar-refractivity contribution >= 4 is 0 Å². The Hall–Kier alpha value is -0.200. The van der Waals surface area contributed by atoms with Gasteiger partial charge in [-0.15, -0.1) is 0 Å². The van der Waals surface area contributed by atoms with Crippen LogP contribution < -0.4 is 0 Å². The standard InChI is InChI=1S/C12H26N2O3/c1-12(10-16,11-17)9-14-4-2-3-13(5-6-14)7-8-15/h15-17H,2-11H2,1H3. The summed E-state index contributed by atoms with van der Waals surface area (Å²) in [6, 6.07) is 0. The summed E-state index contributed by atoms with van der Waals surface area (Å²) in [7, 11) is 0. The lowest BCUT2D eigenvalue weighted by Crippen LogP contribution is -2.42. The zero-order valence-corrected chi connectivity index (χ0v) is 10.8. The van der Waals surface area contributed by atoms with Crippen LogP contribution in [0.2, 0.25) is 0 Å². The molecule has 0 atom stereocenters. The first-order valence-electron chi connectivity index (χ1n) is 6.41. The van der Waals surface area contributed by atoms with Gasteiger partial charge in [-0.25, -0.2) is 0 Å². The largest absolute Gasteiger partial charge is 0.396 e. The van der Waals surface area contributed by atoms with E-state index in [2.05, 4.69) is 9.80 Å². The minimum atomic E-state index is -0.411. The van der Waals surface area contributed by atoms with Crippen molar-refractivity contribution in [2.75, 3.05) is 59.1 Å². The van der Waals surface area contributed by atoms with Crippen molar-refractivity contribution in [3.63, 3.8) is 0 Å². The number of hydrogen-bond acceptors (Lipinski definition) is 5. The molecule has 1 aliphatic heterocycles. The van der Waals surface area contributed by atoms with Crippen molar-refractivity contribution in [3.8, 4) is 0 Å². The molecular formula is C12H26N2O3. The minimum absolute atomic E-state index is 0.0142. The lowest BCUT2D eigenvalue weighted by molar-refractivity contribution is 0.0360. The second-order valence-corrected chi connectivity index (χ2v) is 5.32. The summed E-state index contributed by atoms with van der Waals surface area (Å²) in [6.07, 6.45) is 1.08. The summed E-state index contributed by atoms with van der Waals surface area (Å²) in [5, 5.41) is 27.5. The van der Waals surface area contributed by atoms with Crippen LogP contribution in [0.1, 0.15) is 13.3 Å². The molecule has 0 aliphatic carbocycles. The summed E-state index contributed by atoms with van der Waals surface area (Å²) in [5.74, 6) is 0. The molecule has 1 aliphatic rings. The van der Waals surface area contributed by atoms with Crippen LogP contribution in [0.3, 0.4) is 0 Å². The Kier molecular flexibility index (Phi) is 6.37. The van der Waals surface area contributed by atoms with E-state index in [0.29, 0.717) is 0 Å². The van der Waals surface area contributed by atoms with Crippen LogP contribution in [0, 0.1) is 5.41 Å². The van der Waals surface area contributed by atoms with Crippen LogP contribution in [-0.4, -0.2) is 84.2 Å². The Bertz CT molecular complexity index is 210. The molecule has 102 valence electrons. The van der Waals surface area contributed by atoms with Crippen molar-refractivity contribution in [3.05, 3.63) is 0 Å². The Morgan fingerprint density at radius 3 is 2.12 bits per heavy atom. The number of rotatable bonds is 6. The van der Waals surface area contributed by atoms with Crippen LogP contribution in [0.25, 0.3) is 0 Å². The predicted molar refractivity (Wildman–Crippen MR) is 66.9 cm³/mol. The highest BCUT2D eigenvalue weighted by molar-refractivity contribution is 4.79. The fourth-order valence-corrected chi connectivity index (χ4v) is 2.24. The fourth-order valence-electron chi connectivity index (χ4n) is 2.24. The van der Waals surface area contributed by atoms with Crippen molar-refractivity contribution < 1.29 is 15.3 Å². The average Bonchev–Trinajstić information content (AvgIpc) is 2.55. The number of hydrogen-bond donors (Lipinski definition) is 3. The van der Waals surface area contributed by atoms with E-state index < -0.39 is 5.41 Å². The monoisotopic (exact) mass is 246 g/mol. The van der Waals surface area contributed by atoms with Gasteiger partial charge in [-0.1, -0.05) is 6.92 Å². The average molecular weight is 246 g/mol. The third-order valence-electron chi connectivity index (χ3n) is 3.47. The van der Waals surface area contributed by atoms with Gasteiger partial charge in [0.1, 0.15) is 0 Å². The van der Waals surface area contributed by atoms with Gasteiger partial charge in [0.15, 0.2) is 0 Å². The fraction of sp³-hybridized carbons (Fsp3) is 1.00. The van der Waals surface area contributed by atoms with E-state index in [1.165, 1.54) is 0 Å². The van der Waals surface area contributed by atoms with Crippen LogP contribution >= 0.6 is 0 Å². The Morgan fingerprint density at radius 2 is 1.53 bits per heavy atom. The van der Waals surface area contributed by atoms with E-state index >= 15 is 0 Å². The topological polar surface area (TPSA) is 67.2 Å². The van der Waals surface area contributed by atoms with Gasteiger partial charge < -0.3 is 20.2 Å². The second-order valence-electron chi connectivity index (χ2n) is 5.32. The molecule has 5 heteroatoms. The smallest absolute Gasteiger partial charge is 0.0558 e. The van der Waals surface area contributed by atoms with Gasteiger partial charge in [0, 0.05) is 31.6 Å². The molecule has 5 nitrogen and oxygen atoms in total. The molecule has 1 heterocycles. The lowest BCUT2D eigenvalue weighted by Gasteiger charge is -2.32. The van der Waals surface area contributed by atoms with Gasteiger partial charge in [0.05, 0.1) is 19.8 Å². The molecule has 1 saturated heterocycles. The SMILES string of the molecule is CC(CO)(CO)CN1CCCN(CCO)CC1. The van der Waals surface area contributed by atoms with E-state index in [-0.39, 0.29) is 19.8 Å². The number of β-amino-alcohol motifs (C(OH)–C–C–N with tert-alkyl or cyclic N) is 1. The first kappa shape index (κ1) is 14.9. The van der Waals surface area contributed by atoms with Crippen LogP contribution in [0.4, 0.5) is 0 Å². The molecule has 0 aromatic rings. The highest BCUT2D eigenvalue weighted by Crippen LogP contribution is 2.17. The summed E-state index contributed by atoms with van der Waals surface area (Å²) in [5.41, 5.74) is -0.411. The van der Waals surface area contributed by atoms with Gasteiger partial charge in [-0.3, -0.25) is 4.90 Å². The van der Waals surface area contributed by atoms with E-state index in [4.69, 9.17) is 5.11 Å². The normalized spacial score (nSPS) is 20.5. The van der Waals surface area contributed by atoms with Crippen molar-refractivity contribution in [1.29, 1.82) is 0 Å². The maximum atomic E-state index is 9.29. The molecule has 3 N–H and O–H groups in total.